The molecule has 0 spiro atoms. The number of benzene rings is 2. The molecule has 0 aliphatic heterocycles. The first-order valence-corrected chi connectivity index (χ1v) is 10.5. The fourth-order valence-electron chi connectivity index (χ4n) is 3.19. The van der Waals surface area contributed by atoms with Gasteiger partial charge in [0.05, 0.1) is 15.2 Å². The Balaban J connectivity index is 1.92. The lowest BCUT2D eigenvalue weighted by Gasteiger charge is -2.03. The van der Waals surface area contributed by atoms with Crippen LogP contribution in [0.4, 0.5) is 0 Å². The molecule has 2 aromatic heterocycles. The van der Waals surface area contributed by atoms with Crippen molar-refractivity contribution >= 4 is 60.5 Å². The smallest absolute Gasteiger partial charge is 0.291 e. The number of fused-ring (bicyclic) bond motifs is 2. The predicted molar refractivity (Wildman–Crippen MR) is 116 cm³/mol. The van der Waals surface area contributed by atoms with Crippen molar-refractivity contribution in [3.8, 4) is 0 Å². The van der Waals surface area contributed by atoms with Gasteiger partial charge in [0, 0.05) is 16.6 Å². The topological polar surface area (TPSA) is 34.4 Å². The van der Waals surface area contributed by atoms with E-state index in [1.54, 1.807) is 0 Å². The number of carbonyl (C=O) groups is 1. The Morgan fingerprint density at radius 3 is 2.78 bits per heavy atom. The van der Waals surface area contributed by atoms with Crippen LogP contribution in [0.25, 0.3) is 20.3 Å². The second kappa shape index (κ2) is 7.08. The highest BCUT2D eigenvalue weighted by Gasteiger charge is 2.17. The Bertz CT molecular complexity index is 1280. The Labute approximate surface area is 169 Å². The summed E-state index contributed by atoms with van der Waals surface area (Å²) in [5, 5.41) is 1.37. The van der Waals surface area contributed by atoms with Crippen LogP contribution in [0.2, 0.25) is 5.02 Å². The number of allylic oxidation sites excluding steroid dienone is 1. The lowest BCUT2D eigenvalue weighted by atomic mass is 10.1. The van der Waals surface area contributed by atoms with Gasteiger partial charge in [0.1, 0.15) is 4.88 Å². The van der Waals surface area contributed by atoms with Crippen LogP contribution in [0.3, 0.4) is 0 Å². The van der Waals surface area contributed by atoms with Crippen molar-refractivity contribution in [3.63, 3.8) is 0 Å². The van der Waals surface area contributed by atoms with E-state index in [0.717, 1.165) is 20.3 Å². The van der Waals surface area contributed by atoms with Gasteiger partial charge >= 0.3 is 0 Å². The third kappa shape index (κ3) is 3.16. The Morgan fingerprint density at radius 2 is 2.04 bits per heavy atom. The molecule has 0 N–H and O–H groups in total. The van der Waals surface area contributed by atoms with Crippen molar-refractivity contribution in [2.24, 2.45) is 4.99 Å². The van der Waals surface area contributed by atoms with Crippen LogP contribution in [0.1, 0.15) is 20.8 Å². The third-order valence-corrected chi connectivity index (χ3v) is 7.25. The number of aromatic nitrogens is 1. The van der Waals surface area contributed by atoms with Crippen LogP contribution in [0.5, 0.6) is 0 Å². The number of thiophene rings is 1. The zero-order valence-corrected chi connectivity index (χ0v) is 17.3. The highest BCUT2D eigenvalue weighted by atomic mass is 35.5. The van der Waals surface area contributed by atoms with Crippen molar-refractivity contribution in [3.05, 3.63) is 74.9 Å². The molecule has 0 aliphatic carbocycles. The summed E-state index contributed by atoms with van der Waals surface area (Å²) in [5.41, 5.74) is 3.44. The first-order chi connectivity index (χ1) is 13.0. The van der Waals surface area contributed by atoms with E-state index in [2.05, 4.69) is 37.6 Å². The molecule has 4 aromatic rings. The number of aryl methyl sites for hydroxylation is 2. The van der Waals surface area contributed by atoms with Crippen LogP contribution >= 0.6 is 34.3 Å². The minimum absolute atomic E-state index is 0.306. The number of rotatable bonds is 3. The van der Waals surface area contributed by atoms with Gasteiger partial charge in [0.25, 0.3) is 5.91 Å². The molecular weight excluding hydrogens is 396 g/mol. The molecule has 0 unspecified atom stereocenters. The fraction of sp³-hybridized carbons (Fsp3) is 0.143. The molecule has 2 aromatic carbocycles. The largest absolute Gasteiger partial charge is 0.312 e. The normalized spacial score (nSPS) is 12.2. The third-order valence-electron chi connectivity index (χ3n) is 4.35. The molecule has 0 atom stereocenters. The lowest BCUT2D eigenvalue weighted by molar-refractivity contribution is 0.100. The minimum atomic E-state index is -0.306. The van der Waals surface area contributed by atoms with Crippen molar-refractivity contribution in [2.45, 2.75) is 20.4 Å². The molecule has 4 rings (SSSR count). The molecule has 6 heteroatoms. The molecule has 0 bridgehead atoms. The van der Waals surface area contributed by atoms with Crippen LogP contribution in [-0.4, -0.2) is 10.5 Å². The molecule has 0 aliphatic rings. The molecule has 27 heavy (non-hydrogen) atoms. The maximum Gasteiger partial charge on any atom is 0.291 e. The van der Waals surface area contributed by atoms with Crippen molar-refractivity contribution in [1.82, 2.24) is 4.57 Å². The zero-order chi connectivity index (χ0) is 19.1. The van der Waals surface area contributed by atoms with Crippen molar-refractivity contribution in [1.29, 1.82) is 0 Å². The number of halogens is 1. The number of hydrogen-bond acceptors (Lipinski definition) is 3. The average molecular weight is 413 g/mol. The van der Waals surface area contributed by atoms with Gasteiger partial charge in [-0.3, -0.25) is 4.79 Å². The Morgan fingerprint density at radius 1 is 1.26 bits per heavy atom. The second-order valence-electron chi connectivity index (χ2n) is 6.37. The summed E-state index contributed by atoms with van der Waals surface area (Å²) in [7, 11) is 0. The van der Waals surface area contributed by atoms with Crippen LogP contribution in [0, 0.1) is 13.8 Å². The van der Waals surface area contributed by atoms with Gasteiger partial charge in [0.15, 0.2) is 4.80 Å². The van der Waals surface area contributed by atoms with Crippen LogP contribution < -0.4 is 4.80 Å². The highest BCUT2D eigenvalue weighted by Crippen LogP contribution is 2.35. The standard InChI is InChI=1S/C21H17ClN2OS2/c1-4-9-24-15-11-12(2)10-13(3)18(15)27-21(24)23-20(25)19-17(22)14-7-5-6-8-16(14)26-19/h4-8,10-11H,1,9H2,2-3H3. The van der Waals surface area contributed by atoms with Crippen molar-refractivity contribution in [2.75, 3.05) is 0 Å². The number of thiazole rings is 1. The summed E-state index contributed by atoms with van der Waals surface area (Å²) in [6.07, 6.45) is 1.82. The molecule has 3 nitrogen and oxygen atoms in total. The average Bonchev–Trinajstić information content (AvgIpc) is 3.15. The monoisotopic (exact) mass is 412 g/mol. The number of nitrogens with zero attached hydrogens (tertiary/aromatic N) is 2. The molecule has 0 saturated heterocycles. The molecule has 1 amide bonds. The molecule has 2 heterocycles. The van der Waals surface area contributed by atoms with Gasteiger partial charge in [-0.25, -0.2) is 0 Å². The second-order valence-corrected chi connectivity index (χ2v) is 8.78. The summed E-state index contributed by atoms with van der Waals surface area (Å²) in [4.78, 5) is 18.5. The maximum atomic E-state index is 12.9. The number of hydrogen-bond donors (Lipinski definition) is 0. The molecular formula is C21H17ClN2OS2. The van der Waals surface area contributed by atoms with E-state index >= 15 is 0 Å². The van der Waals surface area contributed by atoms with E-state index in [1.165, 1.54) is 33.8 Å². The van der Waals surface area contributed by atoms with E-state index in [-0.39, 0.29) is 5.91 Å². The summed E-state index contributed by atoms with van der Waals surface area (Å²) >= 11 is 9.36. The summed E-state index contributed by atoms with van der Waals surface area (Å²) in [5.74, 6) is -0.306. The Kier molecular flexibility index (Phi) is 4.76. The Hall–Kier alpha value is -2.21. The van der Waals surface area contributed by atoms with E-state index in [9.17, 15) is 4.79 Å². The molecule has 136 valence electrons. The molecule has 0 fully saturated rings. The summed E-state index contributed by atoms with van der Waals surface area (Å²) in [6.45, 7) is 8.59. The highest BCUT2D eigenvalue weighted by molar-refractivity contribution is 7.21. The summed E-state index contributed by atoms with van der Waals surface area (Å²) in [6, 6.07) is 12.0. The summed E-state index contributed by atoms with van der Waals surface area (Å²) < 4.78 is 4.16. The fourth-order valence-corrected chi connectivity index (χ4v) is 5.68. The van der Waals surface area contributed by atoms with Gasteiger partial charge in [-0.1, -0.05) is 53.3 Å². The zero-order valence-electron chi connectivity index (χ0n) is 15.0. The van der Waals surface area contributed by atoms with E-state index in [4.69, 9.17) is 11.6 Å². The van der Waals surface area contributed by atoms with Crippen LogP contribution in [0.15, 0.2) is 54.0 Å². The first kappa shape index (κ1) is 18.2. The number of amides is 1. The van der Waals surface area contributed by atoms with Crippen LogP contribution in [-0.2, 0) is 6.54 Å². The maximum absolute atomic E-state index is 12.9. The van der Waals surface area contributed by atoms with Gasteiger partial charge in [0.2, 0.25) is 0 Å². The minimum Gasteiger partial charge on any atom is -0.312 e. The first-order valence-electron chi connectivity index (χ1n) is 8.47. The quantitative estimate of drug-likeness (QED) is 0.373. The van der Waals surface area contributed by atoms with E-state index < -0.39 is 0 Å². The SMILES string of the molecule is C=CCn1c(=NC(=O)c2sc3ccccc3c2Cl)sc2c(C)cc(C)cc21. The predicted octanol–water partition coefficient (Wildman–Crippen LogP) is 6.11. The van der Waals surface area contributed by atoms with E-state index in [0.29, 0.717) is 21.2 Å². The van der Waals surface area contributed by atoms with E-state index in [1.807, 2.05) is 34.9 Å². The molecule has 0 saturated carbocycles. The lowest BCUT2D eigenvalue weighted by Crippen LogP contribution is -2.16. The van der Waals surface area contributed by atoms with Gasteiger partial charge in [-0.15, -0.1) is 17.9 Å². The van der Waals surface area contributed by atoms with Gasteiger partial charge in [-0.05, 0) is 37.1 Å². The van der Waals surface area contributed by atoms with Gasteiger partial charge in [-0.2, -0.15) is 4.99 Å². The van der Waals surface area contributed by atoms with Gasteiger partial charge < -0.3 is 4.57 Å². The molecule has 0 radical (unpaired) electrons. The number of carbonyl (C=O) groups excluding carboxylic acids is 1. The van der Waals surface area contributed by atoms with Crippen molar-refractivity contribution < 1.29 is 4.79 Å².